The highest BCUT2D eigenvalue weighted by Crippen LogP contribution is 2.38. The number of carbonyl (C=O) groups excluding carboxylic acids is 6. The SMILES string of the molecule is CCOC(=O)OC1CCC(C[C@@H](C)[C@@H]2CC(=O)[C@H](C)/C=C(\C)[C@@H](O)[C@@H](OC)C(=O)[C@H](C)C[C@H](C)/C=C/C=C/C=C(\C)[C@@H](OC)C[C@@H]3CC[C@@H](C)[C@@](O)(O3)C(=O)C(=O)N3CCCC[C@H]3C(=O)O2)CC1. The fraction of sp³-hybridized carbons (Fsp3) is 0.736. The van der Waals surface area contributed by atoms with Crippen molar-refractivity contribution < 1.29 is 67.4 Å². The highest BCUT2D eigenvalue weighted by molar-refractivity contribution is 6.39. The van der Waals surface area contributed by atoms with Crippen molar-refractivity contribution in [3.05, 3.63) is 47.6 Å². The van der Waals surface area contributed by atoms with E-state index >= 15 is 0 Å². The molecule has 0 unspecified atom stereocenters. The fourth-order valence-corrected chi connectivity index (χ4v) is 10.2. The van der Waals surface area contributed by atoms with Gasteiger partial charge in [-0.3, -0.25) is 19.2 Å². The number of aliphatic hydroxyl groups excluding tert-OH is 1. The number of aliphatic hydroxyl groups is 2. The molecule has 1 aliphatic carbocycles. The molecule has 68 heavy (non-hydrogen) atoms. The van der Waals surface area contributed by atoms with Crippen LogP contribution in [0.25, 0.3) is 0 Å². The quantitative estimate of drug-likeness (QED) is 0.143. The Bertz CT molecular complexity index is 1850. The Morgan fingerprint density at radius 1 is 0.897 bits per heavy atom. The number of hydrogen-bond donors (Lipinski definition) is 2. The van der Waals surface area contributed by atoms with Gasteiger partial charge in [-0.15, -0.1) is 0 Å². The van der Waals surface area contributed by atoms with Gasteiger partial charge in [-0.1, -0.05) is 71.1 Å². The van der Waals surface area contributed by atoms with Crippen LogP contribution >= 0.6 is 0 Å². The summed E-state index contributed by atoms with van der Waals surface area (Å²) in [6, 6.07) is -1.15. The molecule has 0 aromatic rings. The summed E-state index contributed by atoms with van der Waals surface area (Å²) < 4.78 is 34.3. The molecule has 382 valence electrons. The van der Waals surface area contributed by atoms with E-state index in [9.17, 15) is 39.0 Å². The summed E-state index contributed by atoms with van der Waals surface area (Å²) in [5.74, 6) is -7.94. The number of nitrogens with zero attached hydrogens (tertiary/aromatic N) is 1. The van der Waals surface area contributed by atoms with Gasteiger partial charge < -0.3 is 43.5 Å². The standard InChI is InChI=1S/C53H81NO14/c1-11-65-52(61)66-40-24-21-39(22-25-40)29-35(5)45-31-43(55)34(4)28-37(7)47(57)48(64-10)46(56)36(6)27-32(2)17-13-12-14-18-33(3)44(63-9)30-41-23-20-38(8)53(62,68-41)49(58)50(59)54-26-16-15-19-42(54)51(60)67-45/h12-14,17-18,28,32,34-36,38-42,44-45,47-48,57,62H,11,15-16,19-27,29-31H2,1-10H3/b14-12+,17-13+,33-18+,37-28+/t32-,34-,35-,36-,38-,39?,40?,41+,42+,44+,45+,47-,48+,53-/m1/s1. The lowest BCUT2D eigenvalue weighted by molar-refractivity contribution is -0.265. The molecule has 0 aromatic heterocycles. The minimum atomic E-state index is -2.44. The first-order valence-corrected chi connectivity index (χ1v) is 25.0. The van der Waals surface area contributed by atoms with Gasteiger partial charge in [0.2, 0.25) is 5.79 Å². The van der Waals surface area contributed by atoms with Crippen LogP contribution in [0.2, 0.25) is 0 Å². The van der Waals surface area contributed by atoms with Gasteiger partial charge in [-0.05, 0) is 120 Å². The van der Waals surface area contributed by atoms with E-state index in [1.807, 2.05) is 58.1 Å². The Labute approximate surface area is 404 Å². The van der Waals surface area contributed by atoms with Crippen LogP contribution in [0.1, 0.15) is 139 Å². The van der Waals surface area contributed by atoms with Crippen LogP contribution < -0.4 is 0 Å². The van der Waals surface area contributed by atoms with Crippen LogP contribution in [-0.4, -0.2) is 126 Å². The van der Waals surface area contributed by atoms with E-state index in [1.54, 1.807) is 40.9 Å². The summed E-state index contributed by atoms with van der Waals surface area (Å²) in [7, 11) is 2.95. The predicted molar refractivity (Wildman–Crippen MR) is 255 cm³/mol. The molecule has 12 atom stereocenters. The zero-order chi connectivity index (χ0) is 50.3. The van der Waals surface area contributed by atoms with Gasteiger partial charge in [0.05, 0.1) is 18.8 Å². The molecule has 0 spiro atoms. The van der Waals surface area contributed by atoms with Gasteiger partial charge in [0, 0.05) is 51.4 Å². The fourth-order valence-electron chi connectivity index (χ4n) is 10.2. The van der Waals surface area contributed by atoms with Gasteiger partial charge in [0.15, 0.2) is 5.78 Å². The Morgan fingerprint density at radius 3 is 2.26 bits per heavy atom. The number of piperidine rings is 1. The van der Waals surface area contributed by atoms with Crippen LogP contribution in [0.5, 0.6) is 0 Å². The maximum atomic E-state index is 14.4. The van der Waals surface area contributed by atoms with Crippen molar-refractivity contribution in [1.82, 2.24) is 4.90 Å². The van der Waals surface area contributed by atoms with E-state index in [2.05, 4.69) is 0 Å². The van der Waals surface area contributed by atoms with Crippen LogP contribution in [0.3, 0.4) is 0 Å². The van der Waals surface area contributed by atoms with Crippen molar-refractivity contribution in [3.63, 3.8) is 0 Å². The molecule has 2 saturated heterocycles. The molecule has 3 heterocycles. The Morgan fingerprint density at radius 2 is 1.60 bits per heavy atom. The van der Waals surface area contributed by atoms with Crippen molar-refractivity contribution in [1.29, 1.82) is 0 Å². The van der Waals surface area contributed by atoms with E-state index in [-0.39, 0.29) is 61.4 Å². The molecule has 15 heteroatoms. The minimum absolute atomic E-state index is 0.0140. The monoisotopic (exact) mass is 956 g/mol. The Hall–Kier alpha value is -4.02. The van der Waals surface area contributed by atoms with Gasteiger partial charge in [-0.25, -0.2) is 9.59 Å². The van der Waals surface area contributed by atoms with E-state index in [1.165, 1.54) is 12.0 Å². The number of methoxy groups -OCH3 is 2. The number of fused-ring (bicyclic) bond motifs is 3. The van der Waals surface area contributed by atoms with E-state index in [0.29, 0.717) is 63.4 Å². The van der Waals surface area contributed by atoms with Crippen LogP contribution in [0, 0.1) is 35.5 Å². The lowest BCUT2D eigenvalue weighted by Crippen LogP contribution is -2.61. The summed E-state index contributed by atoms with van der Waals surface area (Å²) >= 11 is 0. The third kappa shape index (κ3) is 15.5. The second-order valence-corrected chi connectivity index (χ2v) is 20.0. The molecule has 15 nitrogen and oxygen atoms in total. The predicted octanol–water partition coefficient (Wildman–Crippen LogP) is 7.74. The van der Waals surface area contributed by atoms with E-state index in [0.717, 1.165) is 18.4 Å². The average Bonchev–Trinajstić information content (AvgIpc) is 3.31. The molecular formula is C53H81NO14. The number of allylic oxidation sites excluding steroid dienone is 6. The molecule has 3 aliphatic heterocycles. The summed E-state index contributed by atoms with van der Waals surface area (Å²) in [4.78, 5) is 84.0. The summed E-state index contributed by atoms with van der Waals surface area (Å²) in [5.41, 5.74) is 1.26. The molecule has 1 saturated carbocycles. The van der Waals surface area contributed by atoms with Gasteiger partial charge in [0.25, 0.3) is 11.7 Å². The third-order valence-electron chi connectivity index (χ3n) is 14.6. The molecule has 2 N–H and O–H groups in total. The highest BCUT2D eigenvalue weighted by atomic mass is 16.7. The molecule has 3 fully saturated rings. The summed E-state index contributed by atoms with van der Waals surface area (Å²) in [5, 5.41) is 23.4. The number of cyclic esters (lactones) is 1. The zero-order valence-electron chi connectivity index (χ0n) is 42.3. The van der Waals surface area contributed by atoms with Gasteiger partial charge in [0.1, 0.15) is 36.2 Å². The largest absolute Gasteiger partial charge is 0.508 e. The minimum Gasteiger partial charge on any atom is -0.460 e. The Balaban J connectivity index is 1.67. The molecule has 0 aromatic carbocycles. The highest BCUT2D eigenvalue weighted by Gasteiger charge is 2.53. The summed E-state index contributed by atoms with van der Waals surface area (Å²) in [6.07, 6.45) is 12.0. The molecular weight excluding hydrogens is 875 g/mol. The average molecular weight is 956 g/mol. The maximum Gasteiger partial charge on any atom is 0.508 e. The lowest BCUT2D eigenvalue weighted by Gasteiger charge is -2.42. The maximum absolute atomic E-state index is 14.4. The molecule has 4 rings (SSSR count). The zero-order valence-corrected chi connectivity index (χ0v) is 42.3. The molecule has 0 radical (unpaired) electrons. The second-order valence-electron chi connectivity index (χ2n) is 20.0. The lowest BCUT2D eigenvalue weighted by atomic mass is 9.79. The summed E-state index contributed by atoms with van der Waals surface area (Å²) in [6.45, 7) is 14.7. The number of esters is 1. The first kappa shape index (κ1) is 56.6. The normalized spacial score (nSPS) is 37.9. The van der Waals surface area contributed by atoms with Crippen molar-refractivity contribution >= 4 is 35.4 Å². The Kier molecular flexibility index (Phi) is 22.3. The van der Waals surface area contributed by atoms with Crippen LogP contribution in [-0.2, 0) is 52.4 Å². The molecule has 4 aliphatic rings. The first-order chi connectivity index (χ1) is 32.2. The smallest absolute Gasteiger partial charge is 0.460 e. The number of rotatable bonds is 7. The molecule has 1 amide bonds. The number of hydrogen-bond acceptors (Lipinski definition) is 14. The van der Waals surface area contributed by atoms with Crippen molar-refractivity contribution in [3.8, 4) is 0 Å². The van der Waals surface area contributed by atoms with Crippen LogP contribution in [0.15, 0.2) is 47.6 Å². The van der Waals surface area contributed by atoms with Crippen molar-refractivity contribution in [2.75, 3.05) is 27.4 Å². The third-order valence-corrected chi connectivity index (χ3v) is 14.6. The van der Waals surface area contributed by atoms with Crippen molar-refractivity contribution in [2.45, 2.75) is 187 Å². The number of amides is 1. The second kappa shape index (κ2) is 26.8. The van der Waals surface area contributed by atoms with E-state index in [4.69, 9.17) is 28.4 Å². The van der Waals surface area contributed by atoms with Gasteiger partial charge >= 0.3 is 12.1 Å². The number of ether oxygens (including phenoxy) is 6. The molecule has 2 bridgehead atoms. The van der Waals surface area contributed by atoms with Crippen molar-refractivity contribution in [2.24, 2.45) is 35.5 Å². The number of carbonyl (C=O) groups is 6. The number of ketones is 3. The topological polar surface area (TPSA) is 201 Å². The van der Waals surface area contributed by atoms with E-state index < -0.39 is 83.9 Å². The first-order valence-electron chi connectivity index (χ1n) is 25.0. The van der Waals surface area contributed by atoms with Crippen LogP contribution in [0.4, 0.5) is 4.79 Å². The van der Waals surface area contributed by atoms with Gasteiger partial charge in [-0.2, -0.15) is 0 Å². The number of Topliss-reactive ketones (excluding diaryl/α,β-unsaturated/α-hetero) is 3.